The third kappa shape index (κ3) is 2.95. The largest absolute Gasteiger partial charge is 0.329 e. The number of Topliss-reactive ketones (excluding diaryl/α,β-unsaturated/α-hetero) is 1. The van der Waals surface area contributed by atoms with Gasteiger partial charge in [0.2, 0.25) is 0 Å². The average Bonchev–Trinajstić information content (AvgIpc) is 2.48. The van der Waals surface area contributed by atoms with Gasteiger partial charge in [0.15, 0.2) is 5.78 Å². The predicted molar refractivity (Wildman–Crippen MR) is 84.0 cm³/mol. The Bertz CT molecular complexity index is 453. The monoisotopic (exact) mass is 273 g/mol. The molecule has 2 N–H and O–H groups in total. The number of rotatable bonds is 4. The van der Waals surface area contributed by atoms with Crippen molar-refractivity contribution in [3.05, 3.63) is 35.4 Å². The van der Waals surface area contributed by atoms with Crippen molar-refractivity contribution in [1.29, 1.82) is 0 Å². The molecule has 0 aliphatic heterocycles. The van der Waals surface area contributed by atoms with Crippen molar-refractivity contribution in [2.75, 3.05) is 6.54 Å². The van der Waals surface area contributed by atoms with Crippen molar-refractivity contribution in [3.8, 4) is 0 Å². The van der Waals surface area contributed by atoms with Crippen molar-refractivity contribution in [3.63, 3.8) is 0 Å². The van der Waals surface area contributed by atoms with Gasteiger partial charge in [-0.3, -0.25) is 4.79 Å². The van der Waals surface area contributed by atoms with Gasteiger partial charge in [-0.15, -0.1) is 0 Å². The zero-order valence-corrected chi connectivity index (χ0v) is 13.0. The first kappa shape index (κ1) is 15.2. The SMILES string of the molecule is CC1CCC(CN)(C(=O)c2ccc(C(C)C)cc2)CC1. The highest BCUT2D eigenvalue weighted by atomic mass is 16.1. The van der Waals surface area contributed by atoms with Crippen LogP contribution in [0.25, 0.3) is 0 Å². The summed E-state index contributed by atoms with van der Waals surface area (Å²) in [5.41, 5.74) is 7.77. The van der Waals surface area contributed by atoms with Crippen LogP contribution in [-0.4, -0.2) is 12.3 Å². The Hall–Kier alpha value is -1.15. The fourth-order valence-electron chi connectivity index (χ4n) is 3.16. The zero-order valence-electron chi connectivity index (χ0n) is 13.0. The van der Waals surface area contributed by atoms with Crippen LogP contribution in [-0.2, 0) is 0 Å². The molecule has 0 heterocycles. The molecule has 2 nitrogen and oxygen atoms in total. The van der Waals surface area contributed by atoms with Gasteiger partial charge in [-0.1, -0.05) is 45.0 Å². The first-order valence-electron chi connectivity index (χ1n) is 7.83. The Labute approximate surface area is 122 Å². The van der Waals surface area contributed by atoms with E-state index in [1.54, 1.807) is 0 Å². The smallest absolute Gasteiger partial charge is 0.170 e. The van der Waals surface area contributed by atoms with E-state index in [1.807, 2.05) is 12.1 Å². The van der Waals surface area contributed by atoms with Crippen LogP contribution in [0.5, 0.6) is 0 Å². The minimum atomic E-state index is -0.314. The van der Waals surface area contributed by atoms with E-state index in [2.05, 4.69) is 32.9 Å². The van der Waals surface area contributed by atoms with Crippen LogP contribution in [0.3, 0.4) is 0 Å². The first-order chi connectivity index (χ1) is 9.48. The lowest BCUT2D eigenvalue weighted by atomic mass is 9.67. The van der Waals surface area contributed by atoms with Crippen LogP contribution in [0.4, 0.5) is 0 Å². The fraction of sp³-hybridized carbons (Fsp3) is 0.611. The summed E-state index contributed by atoms with van der Waals surface area (Å²) >= 11 is 0. The van der Waals surface area contributed by atoms with Gasteiger partial charge in [-0.2, -0.15) is 0 Å². The van der Waals surface area contributed by atoms with Crippen LogP contribution >= 0.6 is 0 Å². The maximum absolute atomic E-state index is 12.9. The van der Waals surface area contributed by atoms with Gasteiger partial charge in [0.1, 0.15) is 0 Å². The minimum Gasteiger partial charge on any atom is -0.329 e. The van der Waals surface area contributed by atoms with Crippen molar-refractivity contribution in [2.24, 2.45) is 17.1 Å². The standard InChI is InChI=1S/C18H27NO/c1-13(2)15-4-6-16(7-5-15)17(20)18(12-19)10-8-14(3)9-11-18/h4-7,13-14H,8-12,19H2,1-3H3. The molecule has 110 valence electrons. The number of nitrogens with two attached hydrogens (primary N) is 1. The minimum absolute atomic E-state index is 0.252. The second-order valence-corrected chi connectivity index (χ2v) is 6.77. The molecule has 0 spiro atoms. The molecule has 0 aromatic heterocycles. The Morgan fingerprint density at radius 1 is 1.25 bits per heavy atom. The highest BCUT2D eigenvalue weighted by Crippen LogP contribution is 2.40. The lowest BCUT2D eigenvalue weighted by molar-refractivity contribution is 0.0695. The molecule has 0 saturated heterocycles. The summed E-state index contributed by atoms with van der Waals surface area (Å²) in [6.07, 6.45) is 4.12. The van der Waals surface area contributed by atoms with E-state index in [0.29, 0.717) is 12.5 Å². The van der Waals surface area contributed by atoms with Gasteiger partial charge >= 0.3 is 0 Å². The summed E-state index contributed by atoms with van der Waals surface area (Å²) in [5.74, 6) is 1.48. The Morgan fingerprint density at radius 2 is 1.80 bits per heavy atom. The van der Waals surface area contributed by atoms with E-state index < -0.39 is 0 Å². The molecule has 2 heteroatoms. The van der Waals surface area contributed by atoms with E-state index >= 15 is 0 Å². The van der Waals surface area contributed by atoms with Gasteiger partial charge in [-0.25, -0.2) is 0 Å². The number of carbonyl (C=O) groups is 1. The van der Waals surface area contributed by atoms with Gasteiger partial charge < -0.3 is 5.73 Å². The lowest BCUT2D eigenvalue weighted by Gasteiger charge is -2.37. The molecular weight excluding hydrogens is 246 g/mol. The van der Waals surface area contributed by atoms with Crippen LogP contribution in [0.15, 0.2) is 24.3 Å². The van der Waals surface area contributed by atoms with Crippen LogP contribution in [0, 0.1) is 11.3 Å². The number of hydrogen-bond donors (Lipinski definition) is 1. The second kappa shape index (κ2) is 6.09. The van der Waals surface area contributed by atoms with E-state index in [4.69, 9.17) is 5.73 Å². The molecule has 1 aromatic carbocycles. The Kier molecular flexibility index (Phi) is 4.64. The summed E-state index contributed by atoms with van der Waals surface area (Å²) in [5, 5.41) is 0. The quantitative estimate of drug-likeness (QED) is 0.837. The summed E-state index contributed by atoms with van der Waals surface area (Å²) in [4.78, 5) is 12.9. The maximum atomic E-state index is 12.9. The van der Waals surface area contributed by atoms with Crippen LogP contribution in [0.2, 0.25) is 0 Å². The molecule has 0 unspecified atom stereocenters. The van der Waals surface area contributed by atoms with E-state index in [-0.39, 0.29) is 11.2 Å². The van der Waals surface area contributed by atoms with Gasteiger partial charge in [0, 0.05) is 17.5 Å². The molecule has 1 aromatic rings. The van der Waals surface area contributed by atoms with Crippen molar-refractivity contribution in [2.45, 2.75) is 52.4 Å². The summed E-state index contributed by atoms with van der Waals surface area (Å²) in [7, 11) is 0. The third-order valence-electron chi connectivity index (χ3n) is 4.94. The summed E-state index contributed by atoms with van der Waals surface area (Å²) in [6, 6.07) is 8.11. The molecule has 0 radical (unpaired) electrons. The van der Waals surface area contributed by atoms with Gasteiger partial charge in [0.25, 0.3) is 0 Å². The van der Waals surface area contributed by atoms with Crippen LogP contribution < -0.4 is 5.73 Å². The molecule has 0 amide bonds. The molecule has 1 fully saturated rings. The number of ketones is 1. The molecule has 20 heavy (non-hydrogen) atoms. The number of benzene rings is 1. The van der Waals surface area contributed by atoms with Crippen molar-refractivity contribution < 1.29 is 4.79 Å². The molecule has 2 rings (SSSR count). The highest BCUT2D eigenvalue weighted by molar-refractivity contribution is 6.00. The maximum Gasteiger partial charge on any atom is 0.170 e. The molecule has 0 atom stereocenters. The Morgan fingerprint density at radius 3 is 2.25 bits per heavy atom. The molecule has 1 saturated carbocycles. The molecule has 1 aliphatic rings. The summed E-state index contributed by atoms with van der Waals surface area (Å²) < 4.78 is 0. The lowest BCUT2D eigenvalue weighted by Crippen LogP contribution is -2.41. The van der Waals surface area contributed by atoms with Crippen LogP contribution in [0.1, 0.15) is 68.3 Å². The normalized spacial score (nSPS) is 26.8. The molecule has 0 bridgehead atoms. The number of hydrogen-bond acceptors (Lipinski definition) is 2. The zero-order chi connectivity index (χ0) is 14.8. The molecule has 1 aliphatic carbocycles. The third-order valence-corrected chi connectivity index (χ3v) is 4.94. The topological polar surface area (TPSA) is 43.1 Å². The van der Waals surface area contributed by atoms with E-state index in [1.165, 1.54) is 5.56 Å². The van der Waals surface area contributed by atoms with E-state index in [9.17, 15) is 4.79 Å². The molecular formula is C18H27NO. The fourth-order valence-corrected chi connectivity index (χ4v) is 3.16. The summed E-state index contributed by atoms with van der Waals surface area (Å²) in [6.45, 7) is 7.08. The average molecular weight is 273 g/mol. The second-order valence-electron chi connectivity index (χ2n) is 6.77. The van der Waals surface area contributed by atoms with Gasteiger partial charge in [-0.05, 0) is 43.1 Å². The van der Waals surface area contributed by atoms with E-state index in [0.717, 1.165) is 37.2 Å². The highest BCUT2D eigenvalue weighted by Gasteiger charge is 2.39. The van der Waals surface area contributed by atoms with Crippen molar-refractivity contribution >= 4 is 5.78 Å². The number of carbonyl (C=O) groups excluding carboxylic acids is 1. The first-order valence-corrected chi connectivity index (χ1v) is 7.83. The van der Waals surface area contributed by atoms with Crippen molar-refractivity contribution in [1.82, 2.24) is 0 Å². The van der Waals surface area contributed by atoms with Gasteiger partial charge in [0.05, 0.1) is 0 Å². The predicted octanol–water partition coefficient (Wildman–Crippen LogP) is 4.15. The Balaban J connectivity index is 2.20.